The van der Waals surface area contributed by atoms with Crippen molar-refractivity contribution in [2.24, 2.45) is 0 Å². The van der Waals surface area contributed by atoms with Crippen LogP contribution in [0.4, 0.5) is 0 Å². The second-order valence-electron chi connectivity index (χ2n) is 5.66. The molecule has 2 aromatic heterocycles. The Morgan fingerprint density at radius 3 is 3.05 bits per heavy atom. The minimum Gasteiger partial charge on any atom is -0.352 e. The monoisotopic (exact) mass is 278 g/mol. The zero-order valence-electron chi connectivity index (χ0n) is 11.9. The van der Waals surface area contributed by atoms with Gasteiger partial charge >= 0.3 is 0 Å². The van der Waals surface area contributed by atoms with Crippen molar-refractivity contribution in [3.8, 4) is 11.1 Å². The molecule has 0 unspecified atom stereocenters. The van der Waals surface area contributed by atoms with Gasteiger partial charge in [0.1, 0.15) is 6.33 Å². The molecule has 1 N–H and O–H groups in total. The number of nitrogens with one attached hydrogen (secondary N) is 1. The van der Waals surface area contributed by atoms with Crippen LogP contribution in [-0.4, -0.2) is 27.1 Å². The summed E-state index contributed by atoms with van der Waals surface area (Å²) >= 11 is 0. The fourth-order valence-electron chi connectivity index (χ4n) is 2.60. The minimum absolute atomic E-state index is 0.778. The molecule has 0 spiro atoms. The maximum absolute atomic E-state index is 4.26. The van der Waals surface area contributed by atoms with Gasteiger partial charge in [-0.2, -0.15) is 0 Å². The fourth-order valence-corrected chi connectivity index (χ4v) is 2.60. The average Bonchev–Trinajstić information content (AvgIpc) is 3.23. The van der Waals surface area contributed by atoms with Crippen molar-refractivity contribution < 1.29 is 0 Å². The lowest BCUT2D eigenvalue weighted by Crippen LogP contribution is -2.21. The van der Waals surface area contributed by atoms with Gasteiger partial charge in [-0.1, -0.05) is 6.07 Å². The van der Waals surface area contributed by atoms with E-state index in [9.17, 15) is 0 Å². The Hall–Kier alpha value is -2.20. The first-order valence-electron chi connectivity index (χ1n) is 7.48. The van der Waals surface area contributed by atoms with E-state index in [4.69, 9.17) is 0 Å². The van der Waals surface area contributed by atoms with Crippen LogP contribution < -0.4 is 5.32 Å². The van der Waals surface area contributed by atoms with E-state index in [0.29, 0.717) is 0 Å². The molecule has 4 nitrogen and oxygen atoms in total. The largest absolute Gasteiger partial charge is 0.352 e. The van der Waals surface area contributed by atoms with Gasteiger partial charge in [-0.05, 0) is 42.2 Å². The number of fused-ring (bicyclic) bond motifs is 1. The zero-order valence-corrected chi connectivity index (χ0v) is 11.9. The summed E-state index contributed by atoms with van der Waals surface area (Å²) in [5.41, 5.74) is 3.44. The first kappa shape index (κ1) is 12.5. The summed E-state index contributed by atoms with van der Waals surface area (Å²) in [7, 11) is 0. The molecule has 1 aromatic carbocycles. The topological polar surface area (TPSA) is 42.7 Å². The van der Waals surface area contributed by atoms with Gasteiger partial charge in [-0.15, -0.1) is 0 Å². The molecule has 21 heavy (non-hydrogen) atoms. The Balaban J connectivity index is 1.52. The molecule has 0 aliphatic heterocycles. The Bertz CT molecular complexity index is 758. The second kappa shape index (κ2) is 5.30. The van der Waals surface area contributed by atoms with Gasteiger partial charge in [0.25, 0.3) is 0 Å². The SMILES string of the molecule is c1ncc2cc(-c3ccn(CCNC4CC4)c3)ccc2n1. The van der Waals surface area contributed by atoms with Crippen LogP contribution in [0.3, 0.4) is 0 Å². The fraction of sp³-hybridized carbons (Fsp3) is 0.294. The number of aromatic nitrogens is 3. The Kier molecular flexibility index (Phi) is 3.16. The lowest BCUT2D eigenvalue weighted by Gasteiger charge is -2.04. The predicted molar refractivity (Wildman–Crippen MR) is 84.0 cm³/mol. The van der Waals surface area contributed by atoms with Crippen molar-refractivity contribution in [2.45, 2.75) is 25.4 Å². The standard InChI is InChI=1S/C17H18N4/c1-4-17-15(10-18-12-20-17)9-13(1)14-5-7-21(11-14)8-6-19-16-2-3-16/h1,4-5,7,9-12,16,19H,2-3,6,8H2. The van der Waals surface area contributed by atoms with E-state index in [1.54, 1.807) is 6.33 Å². The van der Waals surface area contributed by atoms with E-state index in [-0.39, 0.29) is 0 Å². The summed E-state index contributed by atoms with van der Waals surface area (Å²) in [6, 6.07) is 9.27. The summed E-state index contributed by atoms with van der Waals surface area (Å²) in [6.07, 6.45) is 10.5. The molecule has 4 rings (SSSR count). The maximum Gasteiger partial charge on any atom is 0.116 e. The van der Waals surface area contributed by atoms with Gasteiger partial charge in [0.05, 0.1) is 5.52 Å². The molecule has 3 aromatic rings. The van der Waals surface area contributed by atoms with E-state index in [2.05, 4.69) is 56.5 Å². The normalized spacial score (nSPS) is 14.7. The van der Waals surface area contributed by atoms with Crippen molar-refractivity contribution in [2.75, 3.05) is 6.54 Å². The summed E-state index contributed by atoms with van der Waals surface area (Å²) in [5.74, 6) is 0. The van der Waals surface area contributed by atoms with Gasteiger partial charge in [-0.3, -0.25) is 0 Å². The number of benzene rings is 1. The first-order valence-corrected chi connectivity index (χ1v) is 7.48. The molecule has 1 saturated carbocycles. The van der Waals surface area contributed by atoms with Crippen molar-refractivity contribution in [3.05, 3.63) is 49.2 Å². The lowest BCUT2D eigenvalue weighted by atomic mass is 10.1. The highest BCUT2D eigenvalue weighted by atomic mass is 15.0. The molecular weight excluding hydrogens is 260 g/mol. The van der Waals surface area contributed by atoms with E-state index >= 15 is 0 Å². The summed E-state index contributed by atoms with van der Waals surface area (Å²) in [4.78, 5) is 8.35. The smallest absolute Gasteiger partial charge is 0.116 e. The Labute approximate surface area is 123 Å². The zero-order chi connectivity index (χ0) is 14.1. The average molecular weight is 278 g/mol. The third-order valence-electron chi connectivity index (χ3n) is 3.97. The van der Waals surface area contributed by atoms with Crippen LogP contribution in [0.1, 0.15) is 12.8 Å². The van der Waals surface area contributed by atoms with Gasteiger partial charge in [-0.25, -0.2) is 9.97 Å². The molecule has 1 aliphatic rings. The van der Waals surface area contributed by atoms with Crippen LogP contribution in [0, 0.1) is 0 Å². The van der Waals surface area contributed by atoms with Crippen molar-refractivity contribution >= 4 is 10.9 Å². The van der Waals surface area contributed by atoms with Crippen LogP contribution >= 0.6 is 0 Å². The third kappa shape index (κ3) is 2.81. The highest BCUT2D eigenvalue weighted by Gasteiger charge is 2.19. The Morgan fingerprint density at radius 2 is 2.14 bits per heavy atom. The van der Waals surface area contributed by atoms with Gasteiger partial charge in [0.15, 0.2) is 0 Å². The Morgan fingerprint density at radius 1 is 1.19 bits per heavy atom. The highest BCUT2D eigenvalue weighted by molar-refractivity contribution is 5.83. The first-order chi connectivity index (χ1) is 10.4. The van der Waals surface area contributed by atoms with Crippen LogP contribution in [0.25, 0.3) is 22.0 Å². The lowest BCUT2D eigenvalue weighted by molar-refractivity contribution is 0.597. The molecule has 0 saturated heterocycles. The molecule has 1 aliphatic carbocycles. The molecule has 4 heteroatoms. The van der Waals surface area contributed by atoms with E-state index in [1.807, 2.05) is 6.20 Å². The van der Waals surface area contributed by atoms with E-state index < -0.39 is 0 Å². The maximum atomic E-state index is 4.26. The summed E-state index contributed by atoms with van der Waals surface area (Å²) < 4.78 is 2.25. The number of hydrogen-bond acceptors (Lipinski definition) is 3. The van der Waals surface area contributed by atoms with E-state index in [0.717, 1.165) is 30.0 Å². The number of nitrogens with zero attached hydrogens (tertiary/aromatic N) is 3. The second-order valence-corrected chi connectivity index (χ2v) is 5.66. The van der Waals surface area contributed by atoms with Crippen LogP contribution in [-0.2, 0) is 6.54 Å². The molecule has 0 atom stereocenters. The van der Waals surface area contributed by atoms with Crippen molar-refractivity contribution in [3.63, 3.8) is 0 Å². The van der Waals surface area contributed by atoms with E-state index in [1.165, 1.54) is 24.0 Å². The molecule has 2 heterocycles. The third-order valence-corrected chi connectivity index (χ3v) is 3.97. The van der Waals surface area contributed by atoms with Crippen LogP contribution in [0.5, 0.6) is 0 Å². The number of hydrogen-bond donors (Lipinski definition) is 1. The van der Waals surface area contributed by atoms with Gasteiger partial charge < -0.3 is 9.88 Å². The summed E-state index contributed by atoms with van der Waals surface area (Å²) in [6.45, 7) is 2.07. The predicted octanol–water partition coefficient (Wildman–Crippen LogP) is 2.85. The number of rotatable bonds is 5. The molecule has 1 fully saturated rings. The molecule has 0 radical (unpaired) electrons. The highest BCUT2D eigenvalue weighted by Crippen LogP contribution is 2.23. The minimum atomic E-state index is 0.778. The van der Waals surface area contributed by atoms with Crippen molar-refractivity contribution in [1.82, 2.24) is 19.9 Å². The van der Waals surface area contributed by atoms with Crippen LogP contribution in [0.2, 0.25) is 0 Å². The van der Waals surface area contributed by atoms with Gasteiger partial charge in [0.2, 0.25) is 0 Å². The van der Waals surface area contributed by atoms with Crippen molar-refractivity contribution in [1.29, 1.82) is 0 Å². The molecular formula is C17H18N4. The van der Waals surface area contributed by atoms with Crippen LogP contribution in [0.15, 0.2) is 49.2 Å². The molecule has 106 valence electrons. The van der Waals surface area contributed by atoms with Gasteiger partial charge in [0, 0.05) is 43.1 Å². The summed E-state index contributed by atoms with van der Waals surface area (Å²) in [5, 5.41) is 4.62. The molecule has 0 amide bonds. The quantitative estimate of drug-likeness (QED) is 0.780. The molecule has 0 bridgehead atoms.